The number of carbonyl (C=O) groups excluding carboxylic acids is 1. The lowest BCUT2D eigenvalue weighted by Gasteiger charge is -2.19. The van der Waals surface area contributed by atoms with Gasteiger partial charge in [0.25, 0.3) is 0 Å². The normalized spacial score (nSPS) is 18.6. The minimum Gasteiger partial charge on any atom is -0.486 e. The van der Waals surface area contributed by atoms with Gasteiger partial charge in [-0.05, 0) is 25.0 Å². The quantitative estimate of drug-likeness (QED) is 0.762. The topological polar surface area (TPSA) is 111 Å². The van der Waals surface area contributed by atoms with E-state index in [1.807, 2.05) is 18.2 Å². The molecule has 1 saturated heterocycles. The number of primary amides is 1. The van der Waals surface area contributed by atoms with Crippen LogP contribution >= 0.6 is 0 Å². The molecular weight excluding hydrogens is 352 g/mol. The fraction of sp³-hybridized carbons (Fsp3) is 0.500. The standard InChI is InChI=1S/C18H22N4O5/c19-16(23)9-17-20-18(11-24-10-13-2-1-5-25-13)22(21-17)12-3-4-14-15(8-12)27-7-6-26-14/h3-4,8,13H,1-2,5-7,9-11H2,(H2,19,23). The molecule has 9 nitrogen and oxygen atoms in total. The predicted octanol–water partition coefficient (Wildman–Crippen LogP) is 0.762. The van der Waals surface area contributed by atoms with Crippen LogP contribution in [0.3, 0.4) is 0 Å². The number of benzene rings is 1. The number of hydrogen-bond acceptors (Lipinski definition) is 7. The number of amides is 1. The molecule has 0 radical (unpaired) electrons. The summed E-state index contributed by atoms with van der Waals surface area (Å²) in [5, 5.41) is 4.42. The van der Waals surface area contributed by atoms with Crippen LogP contribution in [-0.2, 0) is 27.3 Å². The van der Waals surface area contributed by atoms with E-state index in [0.29, 0.717) is 43.0 Å². The van der Waals surface area contributed by atoms with Crippen molar-refractivity contribution < 1.29 is 23.7 Å². The summed E-state index contributed by atoms with van der Waals surface area (Å²) in [7, 11) is 0. The third kappa shape index (κ3) is 4.20. The largest absolute Gasteiger partial charge is 0.486 e. The molecule has 0 bridgehead atoms. The van der Waals surface area contributed by atoms with E-state index in [1.165, 1.54) is 0 Å². The first-order valence-corrected chi connectivity index (χ1v) is 9.01. The molecule has 0 aliphatic carbocycles. The van der Waals surface area contributed by atoms with E-state index in [1.54, 1.807) is 4.68 Å². The van der Waals surface area contributed by atoms with Crippen LogP contribution in [0, 0.1) is 0 Å². The Kier molecular flexibility index (Phi) is 5.21. The molecule has 1 unspecified atom stereocenters. The third-order valence-electron chi connectivity index (χ3n) is 4.38. The van der Waals surface area contributed by atoms with E-state index in [0.717, 1.165) is 25.1 Å². The zero-order valence-electron chi connectivity index (χ0n) is 14.9. The van der Waals surface area contributed by atoms with Crippen molar-refractivity contribution in [1.82, 2.24) is 14.8 Å². The fourth-order valence-electron chi connectivity index (χ4n) is 3.14. The Morgan fingerprint density at radius 1 is 1.26 bits per heavy atom. The summed E-state index contributed by atoms with van der Waals surface area (Å²) in [6, 6.07) is 5.52. The molecule has 2 aliphatic heterocycles. The Labute approximate surface area is 156 Å². The second-order valence-electron chi connectivity index (χ2n) is 6.48. The van der Waals surface area contributed by atoms with Crippen LogP contribution in [0.1, 0.15) is 24.5 Å². The van der Waals surface area contributed by atoms with E-state index in [-0.39, 0.29) is 19.1 Å². The van der Waals surface area contributed by atoms with Crippen molar-refractivity contribution in [2.45, 2.75) is 32.0 Å². The van der Waals surface area contributed by atoms with Crippen LogP contribution in [0.5, 0.6) is 11.5 Å². The van der Waals surface area contributed by atoms with E-state index in [9.17, 15) is 4.79 Å². The smallest absolute Gasteiger partial charge is 0.225 e. The summed E-state index contributed by atoms with van der Waals surface area (Å²) < 4.78 is 24.2. The Hall–Kier alpha value is -2.65. The molecule has 144 valence electrons. The average Bonchev–Trinajstić information content (AvgIpc) is 3.31. The van der Waals surface area contributed by atoms with Gasteiger partial charge in [-0.3, -0.25) is 4.79 Å². The Balaban J connectivity index is 1.55. The zero-order chi connectivity index (χ0) is 18.6. The Bertz CT molecular complexity index is 816. The Morgan fingerprint density at radius 3 is 2.89 bits per heavy atom. The predicted molar refractivity (Wildman–Crippen MR) is 93.9 cm³/mol. The number of nitrogens with two attached hydrogens (primary N) is 1. The van der Waals surface area contributed by atoms with E-state index in [2.05, 4.69) is 10.1 Å². The number of carbonyl (C=O) groups is 1. The molecule has 27 heavy (non-hydrogen) atoms. The maximum Gasteiger partial charge on any atom is 0.225 e. The molecule has 1 atom stereocenters. The highest BCUT2D eigenvalue weighted by atomic mass is 16.6. The summed E-state index contributed by atoms with van der Waals surface area (Å²) in [6.07, 6.45) is 2.16. The van der Waals surface area contributed by atoms with Gasteiger partial charge in [-0.25, -0.2) is 9.67 Å². The van der Waals surface area contributed by atoms with Gasteiger partial charge in [-0.15, -0.1) is 0 Å². The van der Waals surface area contributed by atoms with Gasteiger partial charge in [-0.1, -0.05) is 0 Å². The molecule has 3 heterocycles. The second kappa shape index (κ2) is 7.93. The second-order valence-corrected chi connectivity index (χ2v) is 6.48. The van der Waals surface area contributed by atoms with E-state index < -0.39 is 5.91 Å². The van der Waals surface area contributed by atoms with Crippen molar-refractivity contribution in [3.8, 4) is 17.2 Å². The summed E-state index contributed by atoms with van der Waals surface area (Å²) >= 11 is 0. The first-order chi connectivity index (χ1) is 13.2. The molecule has 0 saturated carbocycles. The highest BCUT2D eigenvalue weighted by Gasteiger charge is 2.19. The van der Waals surface area contributed by atoms with Crippen molar-refractivity contribution in [2.24, 2.45) is 5.73 Å². The van der Waals surface area contributed by atoms with Gasteiger partial charge in [0.05, 0.1) is 24.8 Å². The molecule has 1 aromatic heterocycles. The summed E-state index contributed by atoms with van der Waals surface area (Å²) in [5.74, 6) is 1.80. The molecule has 2 aliphatic rings. The maximum absolute atomic E-state index is 11.3. The van der Waals surface area contributed by atoms with E-state index in [4.69, 9.17) is 24.7 Å². The van der Waals surface area contributed by atoms with Crippen LogP contribution in [-0.4, -0.2) is 53.2 Å². The van der Waals surface area contributed by atoms with Gasteiger partial charge < -0.3 is 24.7 Å². The lowest BCUT2D eigenvalue weighted by molar-refractivity contribution is -0.117. The van der Waals surface area contributed by atoms with Crippen LogP contribution in [0.25, 0.3) is 5.69 Å². The number of ether oxygens (including phenoxy) is 4. The molecular formula is C18H22N4O5. The monoisotopic (exact) mass is 374 g/mol. The first kappa shape index (κ1) is 17.7. The molecule has 9 heteroatoms. The minimum atomic E-state index is -0.485. The molecule has 1 aromatic carbocycles. The molecule has 1 fully saturated rings. The van der Waals surface area contributed by atoms with Gasteiger partial charge in [0, 0.05) is 12.7 Å². The number of nitrogens with zero attached hydrogens (tertiary/aromatic N) is 3. The number of hydrogen-bond donors (Lipinski definition) is 1. The molecule has 2 aromatic rings. The number of rotatable bonds is 7. The number of fused-ring (bicyclic) bond motifs is 1. The van der Waals surface area contributed by atoms with Crippen molar-refractivity contribution in [1.29, 1.82) is 0 Å². The zero-order valence-corrected chi connectivity index (χ0v) is 14.9. The molecule has 4 rings (SSSR count). The van der Waals surface area contributed by atoms with Crippen LogP contribution in [0.2, 0.25) is 0 Å². The highest BCUT2D eigenvalue weighted by molar-refractivity contribution is 5.75. The lowest BCUT2D eigenvalue weighted by atomic mass is 10.2. The summed E-state index contributed by atoms with van der Waals surface area (Å²) in [4.78, 5) is 15.7. The summed E-state index contributed by atoms with van der Waals surface area (Å²) in [6.45, 7) is 2.56. The van der Waals surface area contributed by atoms with Crippen molar-refractivity contribution in [3.63, 3.8) is 0 Å². The first-order valence-electron chi connectivity index (χ1n) is 9.01. The van der Waals surface area contributed by atoms with E-state index >= 15 is 0 Å². The van der Waals surface area contributed by atoms with Crippen LogP contribution in [0.4, 0.5) is 0 Å². The van der Waals surface area contributed by atoms with Gasteiger partial charge in [0.1, 0.15) is 19.8 Å². The van der Waals surface area contributed by atoms with Gasteiger partial charge in [0.2, 0.25) is 5.91 Å². The van der Waals surface area contributed by atoms with Crippen LogP contribution < -0.4 is 15.2 Å². The SMILES string of the molecule is NC(=O)Cc1nc(COCC2CCCO2)n(-c2ccc3c(c2)OCCO3)n1. The number of aromatic nitrogens is 3. The molecule has 0 spiro atoms. The van der Waals surface area contributed by atoms with Gasteiger partial charge in [0.15, 0.2) is 23.1 Å². The van der Waals surface area contributed by atoms with Crippen LogP contribution in [0.15, 0.2) is 18.2 Å². The van der Waals surface area contributed by atoms with Gasteiger partial charge in [-0.2, -0.15) is 5.10 Å². The van der Waals surface area contributed by atoms with Crippen molar-refractivity contribution in [2.75, 3.05) is 26.4 Å². The lowest BCUT2D eigenvalue weighted by Crippen LogP contribution is -2.16. The summed E-state index contributed by atoms with van der Waals surface area (Å²) in [5.41, 5.74) is 6.03. The Morgan fingerprint density at radius 2 is 2.11 bits per heavy atom. The van der Waals surface area contributed by atoms with Crippen molar-refractivity contribution in [3.05, 3.63) is 29.8 Å². The average molecular weight is 374 g/mol. The molecule has 2 N–H and O–H groups in total. The third-order valence-corrected chi connectivity index (χ3v) is 4.38. The van der Waals surface area contributed by atoms with Crippen molar-refractivity contribution >= 4 is 5.91 Å². The fourth-order valence-corrected chi connectivity index (χ4v) is 3.14. The highest BCUT2D eigenvalue weighted by Crippen LogP contribution is 2.32. The molecule has 1 amide bonds. The maximum atomic E-state index is 11.3. The van der Waals surface area contributed by atoms with Gasteiger partial charge >= 0.3 is 0 Å². The minimum absolute atomic E-state index is 0.0315.